The van der Waals surface area contributed by atoms with E-state index in [-0.39, 0.29) is 11.2 Å². The van der Waals surface area contributed by atoms with Gasteiger partial charge in [0.25, 0.3) is 0 Å². The molecule has 7 heteroatoms. The molecule has 0 radical (unpaired) electrons. The number of rotatable bonds is 6. The topological polar surface area (TPSA) is 66.2 Å². The van der Waals surface area contributed by atoms with E-state index in [1.165, 1.54) is 11.8 Å². The van der Waals surface area contributed by atoms with E-state index in [9.17, 15) is 4.79 Å². The van der Waals surface area contributed by atoms with Gasteiger partial charge in [-0.1, -0.05) is 30.0 Å². The Morgan fingerprint density at radius 1 is 1.48 bits per heavy atom. The molecule has 1 unspecified atom stereocenters. The third-order valence-corrected chi connectivity index (χ3v) is 4.74. The summed E-state index contributed by atoms with van der Waals surface area (Å²) in [7, 11) is 1.62. The number of esters is 1. The quantitative estimate of drug-likeness (QED) is 0.599. The summed E-state index contributed by atoms with van der Waals surface area (Å²) in [5.41, 5.74) is 0.852. The molecule has 1 atom stereocenters. The Kier molecular flexibility index (Phi) is 4.66. The molecule has 1 aromatic carbocycles. The van der Waals surface area contributed by atoms with Crippen molar-refractivity contribution in [3.8, 4) is 17.1 Å². The van der Waals surface area contributed by atoms with Crippen LogP contribution in [0.3, 0.4) is 0 Å². The van der Waals surface area contributed by atoms with Gasteiger partial charge in [-0.25, -0.2) is 0 Å². The monoisotopic (exact) mass is 331 g/mol. The van der Waals surface area contributed by atoms with Gasteiger partial charge in [0.05, 0.1) is 19.3 Å². The van der Waals surface area contributed by atoms with Crippen LogP contribution >= 0.6 is 11.8 Å². The van der Waals surface area contributed by atoms with Crippen molar-refractivity contribution in [3.63, 3.8) is 0 Å². The van der Waals surface area contributed by atoms with Crippen LogP contribution in [0.25, 0.3) is 11.4 Å². The lowest BCUT2D eigenvalue weighted by Gasteiger charge is -2.11. The van der Waals surface area contributed by atoms with Crippen LogP contribution in [0.5, 0.6) is 5.75 Å². The molecular weight excluding hydrogens is 314 g/mol. The minimum absolute atomic E-state index is 0.193. The fourth-order valence-electron chi connectivity index (χ4n) is 2.41. The molecule has 0 saturated carbocycles. The van der Waals surface area contributed by atoms with Crippen molar-refractivity contribution < 1.29 is 14.3 Å². The molecule has 0 N–H and O–H groups in total. The van der Waals surface area contributed by atoms with Crippen molar-refractivity contribution in [3.05, 3.63) is 36.9 Å². The molecule has 1 saturated heterocycles. The lowest BCUT2D eigenvalue weighted by Crippen LogP contribution is -2.11. The molecule has 3 rings (SSSR count). The molecule has 0 aliphatic carbocycles. The smallest absolute Gasteiger partial charge is 0.319 e. The molecule has 1 fully saturated rings. The van der Waals surface area contributed by atoms with Crippen molar-refractivity contribution in [1.82, 2.24) is 14.8 Å². The van der Waals surface area contributed by atoms with Crippen LogP contribution in [0.1, 0.15) is 6.42 Å². The molecule has 1 aliphatic rings. The number of hydrogen-bond donors (Lipinski definition) is 0. The number of para-hydroxylation sites is 1. The minimum atomic E-state index is -0.228. The highest BCUT2D eigenvalue weighted by Gasteiger charge is 2.30. The molecule has 6 nitrogen and oxygen atoms in total. The van der Waals surface area contributed by atoms with Gasteiger partial charge in [0.15, 0.2) is 11.0 Å². The summed E-state index contributed by atoms with van der Waals surface area (Å²) in [5, 5.41) is 8.99. The third kappa shape index (κ3) is 3.10. The number of carbonyl (C=O) groups excluding carboxylic acids is 1. The summed E-state index contributed by atoms with van der Waals surface area (Å²) in [4.78, 5) is 11.7. The van der Waals surface area contributed by atoms with Crippen LogP contribution in [0, 0.1) is 0 Å². The lowest BCUT2D eigenvalue weighted by atomic mass is 10.2. The first-order chi connectivity index (χ1) is 11.2. The Morgan fingerprint density at radius 3 is 3.00 bits per heavy atom. The largest absolute Gasteiger partial charge is 0.496 e. The number of ether oxygens (including phenoxy) is 2. The zero-order valence-electron chi connectivity index (χ0n) is 12.8. The molecule has 23 heavy (non-hydrogen) atoms. The van der Waals surface area contributed by atoms with E-state index in [0.29, 0.717) is 30.6 Å². The zero-order chi connectivity index (χ0) is 16.2. The van der Waals surface area contributed by atoms with Gasteiger partial charge in [-0.15, -0.1) is 16.8 Å². The van der Waals surface area contributed by atoms with Gasteiger partial charge in [-0.2, -0.15) is 0 Å². The lowest BCUT2D eigenvalue weighted by molar-refractivity contribution is -0.137. The summed E-state index contributed by atoms with van der Waals surface area (Å²) in [6.07, 6.45) is 2.47. The SMILES string of the molecule is C=CCn1c(SC2CCOC2=O)nnc1-c1ccccc1OC. The number of thioether (sulfide) groups is 1. The predicted octanol–water partition coefficient (Wildman–Crippen LogP) is 2.55. The molecule has 0 amide bonds. The van der Waals surface area contributed by atoms with E-state index in [1.54, 1.807) is 13.2 Å². The Morgan fingerprint density at radius 2 is 2.30 bits per heavy atom. The second-order valence-corrected chi connectivity index (χ2v) is 6.14. The van der Waals surface area contributed by atoms with Gasteiger partial charge in [0, 0.05) is 13.0 Å². The second-order valence-electron chi connectivity index (χ2n) is 4.97. The first kappa shape index (κ1) is 15.6. The van der Waals surface area contributed by atoms with E-state index < -0.39 is 0 Å². The molecular formula is C16H17N3O3S. The van der Waals surface area contributed by atoms with Crippen molar-refractivity contribution in [1.29, 1.82) is 0 Å². The van der Waals surface area contributed by atoms with E-state index in [0.717, 1.165) is 11.3 Å². The third-order valence-electron chi connectivity index (χ3n) is 3.51. The van der Waals surface area contributed by atoms with Crippen molar-refractivity contribution in [2.75, 3.05) is 13.7 Å². The van der Waals surface area contributed by atoms with E-state index >= 15 is 0 Å². The van der Waals surface area contributed by atoms with Crippen LogP contribution in [-0.2, 0) is 16.1 Å². The first-order valence-electron chi connectivity index (χ1n) is 7.25. The normalized spacial score (nSPS) is 17.1. The van der Waals surface area contributed by atoms with Crippen molar-refractivity contribution >= 4 is 17.7 Å². The second kappa shape index (κ2) is 6.87. The number of hydrogen-bond acceptors (Lipinski definition) is 6. The Bertz CT molecular complexity index is 729. The van der Waals surface area contributed by atoms with Crippen LogP contribution in [0.15, 0.2) is 42.1 Å². The number of nitrogens with zero attached hydrogens (tertiary/aromatic N) is 3. The van der Waals surface area contributed by atoms with Gasteiger partial charge in [0.1, 0.15) is 11.0 Å². The summed E-state index contributed by atoms with van der Waals surface area (Å²) < 4.78 is 12.3. The number of cyclic esters (lactones) is 1. The van der Waals surface area contributed by atoms with E-state index in [2.05, 4.69) is 16.8 Å². The van der Waals surface area contributed by atoms with E-state index in [4.69, 9.17) is 9.47 Å². The number of benzene rings is 1. The summed E-state index contributed by atoms with van der Waals surface area (Å²) in [6, 6.07) is 7.64. The predicted molar refractivity (Wildman–Crippen MR) is 87.4 cm³/mol. The number of carbonyl (C=O) groups is 1. The molecule has 0 spiro atoms. The number of methoxy groups -OCH3 is 1. The van der Waals surface area contributed by atoms with Crippen LogP contribution in [0.4, 0.5) is 0 Å². The fraction of sp³-hybridized carbons (Fsp3) is 0.312. The summed E-state index contributed by atoms with van der Waals surface area (Å²) in [6.45, 7) is 4.80. The minimum Gasteiger partial charge on any atom is -0.496 e. The molecule has 1 aromatic heterocycles. The maximum atomic E-state index is 11.7. The standard InChI is InChI=1S/C16H17N3O3S/c1-3-9-19-14(11-6-4-5-7-12(11)21-2)17-18-16(19)23-13-8-10-22-15(13)20/h3-7,13H,1,8-10H2,2H3. The molecule has 2 aromatic rings. The molecule has 1 aliphatic heterocycles. The Hall–Kier alpha value is -2.28. The Labute approximate surface area is 138 Å². The summed E-state index contributed by atoms with van der Waals surface area (Å²) in [5.74, 6) is 1.22. The number of aromatic nitrogens is 3. The van der Waals surface area contributed by atoms with Crippen molar-refractivity contribution in [2.45, 2.75) is 23.4 Å². The van der Waals surface area contributed by atoms with Gasteiger partial charge in [-0.3, -0.25) is 9.36 Å². The maximum Gasteiger partial charge on any atom is 0.319 e. The highest BCUT2D eigenvalue weighted by molar-refractivity contribution is 8.00. The van der Waals surface area contributed by atoms with Crippen LogP contribution in [-0.4, -0.2) is 39.7 Å². The Balaban J connectivity index is 1.98. The highest BCUT2D eigenvalue weighted by Crippen LogP contribution is 2.33. The highest BCUT2D eigenvalue weighted by atomic mass is 32.2. The maximum absolute atomic E-state index is 11.7. The molecule has 2 heterocycles. The van der Waals surface area contributed by atoms with Crippen molar-refractivity contribution in [2.24, 2.45) is 0 Å². The first-order valence-corrected chi connectivity index (χ1v) is 8.13. The average molecular weight is 331 g/mol. The zero-order valence-corrected chi connectivity index (χ0v) is 13.6. The van der Waals surface area contributed by atoms with Crippen LogP contribution in [0.2, 0.25) is 0 Å². The number of allylic oxidation sites excluding steroid dienone is 1. The average Bonchev–Trinajstić information content (AvgIpc) is 3.15. The van der Waals surface area contributed by atoms with E-state index in [1.807, 2.05) is 28.8 Å². The fourth-order valence-corrected chi connectivity index (χ4v) is 3.42. The van der Waals surface area contributed by atoms with Gasteiger partial charge >= 0.3 is 5.97 Å². The summed E-state index contributed by atoms with van der Waals surface area (Å²) >= 11 is 1.38. The molecule has 120 valence electrons. The van der Waals surface area contributed by atoms with Gasteiger partial charge < -0.3 is 9.47 Å². The van der Waals surface area contributed by atoms with Crippen LogP contribution < -0.4 is 4.74 Å². The van der Waals surface area contributed by atoms with Gasteiger partial charge in [0.2, 0.25) is 0 Å². The molecule has 0 bridgehead atoms. The van der Waals surface area contributed by atoms with Gasteiger partial charge in [-0.05, 0) is 12.1 Å².